The molecule has 0 aliphatic carbocycles. The van der Waals surface area contributed by atoms with Gasteiger partial charge in [0.25, 0.3) is 0 Å². The third kappa shape index (κ3) is 5.97. The first kappa shape index (κ1) is 17.8. The van der Waals surface area contributed by atoms with E-state index in [9.17, 15) is 22.0 Å². The van der Waals surface area contributed by atoms with Gasteiger partial charge in [0.15, 0.2) is 0 Å². The molecule has 7 heteroatoms. The molecule has 0 bridgehead atoms. The molecule has 1 N–H and O–H groups in total. The van der Waals surface area contributed by atoms with Gasteiger partial charge in [-0.15, -0.1) is 0 Å². The molecule has 2 nitrogen and oxygen atoms in total. The number of hydrogen-bond acceptors (Lipinski definition) is 2. The third-order valence-corrected chi connectivity index (χ3v) is 2.84. The zero-order chi connectivity index (χ0) is 16.0. The van der Waals surface area contributed by atoms with Crippen LogP contribution in [0.3, 0.4) is 0 Å². The van der Waals surface area contributed by atoms with Crippen LogP contribution in [-0.2, 0) is 4.74 Å². The molecule has 1 atom stereocenters. The highest BCUT2D eigenvalue weighted by atomic mass is 19.4. The number of halogens is 5. The minimum atomic E-state index is -4.44. The highest BCUT2D eigenvalue weighted by Gasteiger charge is 2.28. The number of hydrogen-bond donors (Lipinski definition) is 1. The van der Waals surface area contributed by atoms with Gasteiger partial charge in [-0.2, -0.15) is 13.2 Å². The molecule has 0 aromatic heterocycles. The molecule has 1 aromatic carbocycles. The Bertz CT molecular complexity index is 461. The van der Waals surface area contributed by atoms with Crippen molar-refractivity contribution in [3.8, 4) is 0 Å². The SMILES string of the molecule is CCCNC(COCC(F)(F)F)c1cc(C)c(F)cc1F. The van der Waals surface area contributed by atoms with Gasteiger partial charge in [-0.1, -0.05) is 6.92 Å². The number of nitrogens with one attached hydrogen (secondary N) is 1. The summed E-state index contributed by atoms with van der Waals surface area (Å²) in [6, 6.07) is 1.26. The van der Waals surface area contributed by atoms with E-state index in [4.69, 9.17) is 0 Å². The second-order valence-corrected chi connectivity index (χ2v) is 4.76. The lowest BCUT2D eigenvalue weighted by atomic mass is 10.0. The van der Waals surface area contributed by atoms with E-state index in [2.05, 4.69) is 10.1 Å². The summed E-state index contributed by atoms with van der Waals surface area (Å²) in [6.07, 6.45) is -3.72. The van der Waals surface area contributed by atoms with Gasteiger partial charge < -0.3 is 10.1 Å². The van der Waals surface area contributed by atoms with E-state index >= 15 is 0 Å². The molecule has 1 aromatic rings. The van der Waals surface area contributed by atoms with Crippen molar-refractivity contribution >= 4 is 0 Å². The van der Waals surface area contributed by atoms with Gasteiger partial charge in [-0.3, -0.25) is 0 Å². The average molecular weight is 311 g/mol. The van der Waals surface area contributed by atoms with Gasteiger partial charge >= 0.3 is 6.18 Å². The van der Waals surface area contributed by atoms with E-state index in [1.807, 2.05) is 6.92 Å². The van der Waals surface area contributed by atoms with Crippen LogP contribution in [0.2, 0.25) is 0 Å². The van der Waals surface area contributed by atoms with Crippen LogP contribution in [0.5, 0.6) is 0 Å². The molecular formula is C14H18F5NO. The molecule has 0 fully saturated rings. The van der Waals surface area contributed by atoms with Crippen LogP contribution in [0.25, 0.3) is 0 Å². The van der Waals surface area contributed by atoms with Crippen molar-refractivity contribution in [2.24, 2.45) is 0 Å². The Hall–Kier alpha value is -1.21. The van der Waals surface area contributed by atoms with Crippen molar-refractivity contribution in [3.63, 3.8) is 0 Å². The molecule has 21 heavy (non-hydrogen) atoms. The minimum absolute atomic E-state index is 0.101. The van der Waals surface area contributed by atoms with Crippen LogP contribution in [-0.4, -0.2) is 25.9 Å². The first-order valence-corrected chi connectivity index (χ1v) is 6.58. The van der Waals surface area contributed by atoms with E-state index in [0.29, 0.717) is 6.54 Å². The quantitative estimate of drug-likeness (QED) is 0.771. The van der Waals surface area contributed by atoms with Crippen molar-refractivity contribution in [2.45, 2.75) is 32.5 Å². The average Bonchev–Trinajstić information content (AvgIpc) is 2.37. The highest BCUT2D eigenvalue weighted by molar-refractivity contribution is 5.28. The molecule has 1 rings (SSSR count). The zero-order valence-corrected chi connectivity index (χ0v) is 11.9. The molecule has 120 valence electrons. The predicted molar refractivity (Wildman–Crippen MR) is 69.0 cm³/mol. The number of ether oxygens (including phenoxy) is 1. The second-order valence-electron chi connectivity index (χ2n) is 4.76. The van der Waals surface area contributed by atoms with E-state index in [1.54, 1.807) is 0 Å². The smallest absolute Gasteiger partial charge is 0.370 e. The maximum atomic E-state index is 13.8. The fourth-order valence-electron chi connectivity index (χ4n) is 1.82. The number of rotatable bonds is 7. The lowest BCUT2D eigenvalue weighted by Crippen LogP contribution is -2.29. The van der Waals surface area contributed by atoms with Gasteiger partial charge in [-0.05, 0) is 31.5 Å². The Morgan fingerprint density at radius 3 is 2.43 bits per heavy atom. The van der Waals surface area contributed by atoms with Crippen LogP contribution >= 0.6 is 0 Å². The molecule has 0 aliphatic heterocycles. The van der Waals surface area contributed by atoms with Crippen molar-refractivity contribution in [1.82, 2.24) is 5.32 Å². The Kier molecular flexibility index (Phi) is 6.54. The van der Waals surface area contributed by atoms with E-state index in [1.165, 1.54) is 13.0 Å². The summed E-state index contributed by atoms with van der Waals surface area (Å²) < 4.78 is 67.9. The van der Waals surface area contributed by atoms with Crippen LogP contribution in [0.15, 0.2) is 12.1 Å². The predicted octanol–water partition coefficient (Wildman–Crippen LogP) is 3.89. The number of alkyl halides is 3. The number of benzene rings is 1. The van der Waals surface area contributed by atoms with Crippen molar-refractivity contribution < 1.29 is 26.7 Å². The van der Waals surface area contributed by atoms with Crippen molar-refractivity contribution in [2.75, 3.05) is 19.8 Å². The third-order valence-electron chi connectivity index (χ3n) is 2.84. The molecular weight excluding hydrogens is 293 g/mol. The van der Waals surface area contributed by atoms with Crippen LogP contribution in [0.4, 0.5) is 22.0 Å². The van der Waals surface area contributed by atoms with Crippen LogP contribution < -0.4 is 5.32 Å². The minimum Gasteiger partial charge on any atom is -0.370 e. The highest BCUT2D eigenvalue weighted by Crippen LogP contribution is 2.22. The molecule has 0 amide bonds. The molecule has 0 spiro atoms. The Morgan fingerprint density at radius 1 is 1.19 bits per heavy atom. The molecule has 0 heterocycles. The zero-order valence-electron chi connectivity index (χ0n) is 11.9. The second kappa shape index (κ2) is 7.70. The molecule has 0 saturated heterocycles. The molecule has 0 saturated carbocycles. The standard InChI is InChI=1S/C14H18F5NO/c1-3-4-20-13(7-21-8-14(17,18)19)10-5-9(2)11(15)6-12(10)16/h5-6,13,20H,3-4,7-8H2,1-2H3. The molecule has 1 unspecified atom stereocenters. The Morgan fingerprint density at radius 2 is 1.86 bits per heavy atom. The van der Waals surface area contributed by atoms with Gasteiger partial charge in [0.2, 0.25) is 0 Å². The topological polar surface area (TPSA) is 21.3 Å². The van der Waals surface area contributed by atoms with Gasteiger partial charge in [0.05, 0.1) is 12.6 Å². The Balaban J connectivity index is 2.84. The molecule has 0 aliphatic rings. The Labute approximate surface area is 120 Å². The summed E-state index contributed by atoms with van der Waals surface area (Å²) >= 11 is 0. The lowest BCUT2D eigenvalue weighted by molar-refractivity contribution is -0.175. The summed E-state index contributed by atoms with van der Waals surface area (Å²) in [5.74, 6) is -1.50. The molecule has 0 radical (unpaired) electrons. The van der Waals surface area contributed by atoms with Crippen LogP contribution in [0.1, 0.15) is 30.5 Å². The maximum Gasteiger partial charge on any atom is 0.411 e. The van der Waals surface area contributed by atoms with Gasteiger partial charge in [0.1, 0.15) is 18.2 Å². The van der Waals surface area contributed by atoms with Crippen molar-refractivity contribution in [1.29, 1.82) is 0 Å². The van der Waals surface area contributed by atoms with Crippen molar-refractivity contribution in [3.05, 3.63) is 34.9 Å². The summed E-state index contributed by atoms with van der Waals surface area (Å²) in [5, 5.41) is 2.90. The summed E-state index contributed by atoms with van der Waals surface area (Å²) in [6.45, 7) is 2.06. The summed E-state index contributed by atoms with van der Waals surface area (Å²) in [4.78, 5) is 0. The maximum absolute atomic E-state index is 13.8. The lowest BCUT2D eigenvalue weighted by Gasteiger charge is -2.21. The number of aryl methyl sites for hydroxylation is 1. The first-order valence-electron chi connectivity index (χ1n) is 6.58. The monoisotopic (exact) mass is 311 g/mol. The summed E-state index contributed by atoms with van der Waals surface area (Å²) in [7, 11) is 0. The fraction of sp³-hybridized carbons (Fsp3) is 0.571. The van der Waals surface area contributed by atoms with E-state index < -0.39 is 30.5 Å². The van der Waals surface area contributed by atoms with E-state index in [0.717, 1.165) is 12.5 Å². The fourth-order valence-corrected chi connectivity index (χ4v) is 1.82. The van der Waals surface area contributed by atoms with Crippen LogP contribution in [0, 0.1) is 18.6 Å². The largest absolute Gasteiger partial charge is 0.411 e. The summed E-state index contributed by atoms with van der Waals surface area (Å²) in [5.41, 5.74) is 0.329. The van der Waals surface area contributed by atoms with E-state index in [-0.39, 0.29) is 17.7 Å². The van der Waals surface area contributed by atoms with Gasteiger partial charge in [-0.25, -0.2) is 8.78 Å². The van der Waals surface area contributed by atoms with Gasteiger partial charge in [0, 0.05) is 11.6 Å². The first-order chi connectivity index (χ1) is 9.74. The normalized spacial score (nSPS) is 13.5.